The van der Waals surface area contributed by atoms with Gasteiger partial charge in [0.2, 0.25) is 5.91 Å². The van der Waals surface area contributed by atoms with Gasteiger partial charge in [0.1, 0.15) is 17.3 Å². The number of hydrogen-bond acceptors (Lipinski definition) is 7. The maximum atomic E-state index is 12.6. The highest BCUT2D eigenvalue weighted by Gasteiger charge is 2.16. The molecule has 3 aromatic rings. The van der Waals surface area contributed by atoms with E-state index in [9.17, 15) is 4.79 Å². The third-order valence-corrected chi connectivity index (χ3v) is 5.39. The summed E-state index contributed by atoms with van der Waals surface area (Å²) in [6.45, 7) is 4.69. The molecule has 3 rings (SSSR count). The van der Waals surface area contributed by atoms with Crippen LogP contribution in [-0.2, 0) is 4.79 Å². The first kappa shape index (κ1) is 21.7. The lowest BCUT2D eigenvalue weighted by molar-refractivity contribution is -0.119. The van der Waals surface area contributed by atoms with Crippen molar-refractivity contribution in [1.29, 1.82) is 0 Å². The molecule has 2 aromatic carbocycles. The molecule has 1 aromatic heterocycles. The number of fused-ring (bicyclic) bond motifs is 1. The van der Waals surface area contributed by atoms with Crippen molar-refractivity contribution in [3.05, 3.63) is 48.0 Å². The molecule has 0 saturated heterocycles. The zero-order chi connectivity index (χ0) is 21.5. The summed E-state index contributed by atoms with van der Waals surface area (Å²) in [4.78, 5) is 21.7. The number of nitrogens with one attached hydrogen (secondary N) is 2. The van der Waals surface area contributed by atoms with Gasteiger partial charge < -0.3 is 20.1 Å². The summed E-state index contributed by atoms with van der Waals surface area (Å²) in [5, 5.41) is 7.79. The fourth-order valence-electron chi connectivity index (χ4n) is 3.09. The number of aromatic nitrogens is 2. The van der Waals surface area contributed by atoms with Crippen molar-refractivity contribution in [2.45, 2.75) is 25.0 Å². The van der Waals surface area contributed by atoms with E-state index in [2.05, 4.69) is 20.6 Å². The Bertz CT molecular complexity index is 1030. The maximum Gasteiger partial charge on any atom is 0.230 e. The molecule has 1 atom stereocenters. The van der Waals surface area contributed by atoms with E-state index in [0.29, 0.717) is 16.7 Å². The Morgan fingerprint density at radius 2 is 1.93 bits per heavy atom. The molecule has 0 fully saturated rings. The van der Waals surface area contributed by atoms with Crippen LogP contribution in [0.3, 0.4) is 0 Å². The van der Waals surface area contributed by atoms with Gasteiger partial charge in [0.25, 0.3) is 0 Å². The van der Waals surface area contributed by atoms with E-state index >= 15 is 0 Å². The summed E-state index contributed by atoms with van der Waals surface area (Å²) >= 11 is 1.31. The van der Waals surface area contributed by atoms with E-state index in [0.717, 1.165) is 28.8 Å². The number of rotatable bonds is 9. The Labute approximate surface area is 180 Å². The van der Waals surface area contributed by atoms with Crippen LogP contribution in [0.5, 0.6) is 11.5 Å². The zero-order valence-corrected chi connectivity index (χ0v) is 18.4. The molecule has 2 N–H and O–H groups in total. The van der Waals surface area contributed by atoms with E-state index in [-0.39, 0.29) is 17.7 Å². The summed E-state index contributed by atoms with van der Waals surface area (Å²) in [6.07, 6.45) is 0. The van der Waals surface area contributed by atoms with Gasteiger partial charge in [0, 0.05) is 17.5 Å². The van der Waals surface area contributed by atoms with Gasteiger partial charge in [-0.2, -0.15) is 0 Å². The number of nitrogens with zero attached hydrogens (tertiary/aromatic N) is 2. The minimum absolute atomic E-state index is 0.112. The topological polar surface area (TPSA) is 85.4 Å². The largest absolute Gasteiger partial charge is 0.497 e. The van der Waals surface area contributed by atoms with Gasteiger partial charge in [-0.15, -0.1) is 0 Å². The summed E-state index contributed by atoms with van der Waals surface area (Å²) in [5.41, 5.74) is 1.70. The Kier molecular flexibility index (Phi) is 7.35. The summed E-state index contributed by atoms with van der Waals surface area (Å²) in [6, 6.07) is 13.1. The highest BCUT2D eigenvalue weighted by molar-refractivity contribution is 7.99. The number of carbonyl (C=O) groups is 1. The van der Waals surface area contributed by atoms with Crippen LogP contribution < -0.4 is 20.1 Å². The lowest BCUT2D eigenvalue weighted by Crippen LogP contribution is -2.28. The smallest absolute Gasteiger partial charge is 0.230 e. The molecule has 0 bridgehead atoms. The fraction of sp³-hybridized carbons (Fsp3) is 0.318. The molecule has 0 aliphatic rings. The van der Waals surface area contributed by atoms with Crippen molar-refractivity contribution < 1.29 is 14.3 Å². The Morgan fingerprint density at radius 3 is 2.67 bits per heavy atom. The second-order valence-corrected chi connectivity index (χ2v) is 7.53. The molecule has 0 radical (unpaired) electrons. The van der Waals surface area contributed by atoms with Crippen LogP contribution in [0.4, 0.5) is 5.82 Å². The molecule has 0 aliphatic carbocycles. The lowest BCUT2D eigenvalue weighted by atomic mass is 10.1. The zero-order valence-electron chi connectivity index (χ0n) is 17.6. The first-order chi connectivity index (χ1) is 14.5. The average molecular weight is 427 g/mol. The highest BCUT2D eigenvalue weighted by Crippen LogP contribution is 2.29. The van der Waals surface area contributed by atoms with Crippen LogP contribution in [0.1, 0.15) is 25.5 Å². The third kappa shape index (κ3) is 5.13. The van der Waals surface area contributed by atoms with Gasteiger partial charge in [-0.3, -0.25) is 4.79 Å². The molecule has 0 aliphatic heterocycles. The Morgan fingerprint density at radius 1 is 1.13 bits per heavy atom. The summed E-state index contributed by atoms with van der Waals surface area (Å²) in [7, 11) is 3.21. The van der Waals surface area contributed by atoms with Crippen LogP contribution in [0.15, 0.2) is 47.6 Å². The number of carbonyl (C=O) groups excluding carboxylic acids is 1. The number of amides is 1. The van der Waals surface area contributed by atoms with E-state index in [4.69, 9.17) is 9.47 Å². The Balaban J connectivity index is 1.69. The van der Waals surface area contributed by atoms with Crippen LogP contribution in [0.25, 0.3) is 10.9 Å². The normalized spacial score (nSPS) is 11.7. The highest BCUT2D eigenvalue weighted by atomic mass is 32.2. The van der Waals surface area contributed by atoms with Gasteiger partial charge in [-0.1, -0.05) is 23.9 Å². The van der Waals surface area contributed by atoms with Gasteiger partial charge in [-0.25, -0.2) is 9.97 Å². The SMILES string of the molecule is CCNc1nc(SCC(=O)N[C@H](C)c2cc(OC)ccc2OC)nc2ccccc12. The number of para-hydroxylation sites is 1. The molecule has 7 nitrogen and oxygen atoms in total. The number of thioether (sulfide) groups is 1. The molecular formula is C22H26N4O3S. The molecule has 1 heterocycles. The molecular weight excluding hydrogens is 400 g/mol. The van der Waals surface area contributed by atoms with Crippen LogP contribution in [0, 0.1) is 0 Å². The molecule has 158 valence electrons. The minimum Gasteiger partial charge on any atom is -0.497 e. The number of benzene rings is 2. The van der Waals surface area contributed by atoms with E-state index in [1.54, 1.807) is 14.2 Å². The van der Waals surface area contributed by atoms with E-state index in [1.165, 1.54) is 11.8 Å². The van der Waals surface area contributed by atoms with Gasteiger partial charge in [-0.05, 0) is 44.2 Å². The molecule has 30 heavy (non-hydrogen) atoms. The van der Waals surface area contributed by atoms with Crippen molar-refractivity contribution in [3.8, 4) is 11.5 Å². The van der Waals surface area contributed by atoms with Gasteiger partial charge in [0.15, 0.2) is 5.16 Å². The number of anilines is 1. The molecule has 0 unspecified atom stereocenters. The number of ether oxygens (including phenoxy) is 2. The molecule has 8 heteroatoms. The Hall–Kier alpha value is -3.00. The van der Waals surface area contributed by atoms with E-state index < -0.39 is 0 Å². The van der Waals surface area contributed by atoms with Crippen molar-refractivity contribution in [2.24, 2.45) is 0 Å². The second kappa shape index (κ2) is 10.2. The minimum atomic E-state index is -0.238. The molecule has 1 amide bonds. The van der Waals surface area contributed by atoms with Crippen molar-refractivity contribution in [2.75, 3.05) is 31.8 Å². The predicted molar refractivity (Wildman–Crippen MR) is 121 cm³/mol. The first-order valence-electron chi connectivity index (χ1n) is 9.70. The molecule has 0 spiro atoms. The number of methoxy groups -OCH3 is 2. The van der Waals surface area contributed by atoms with E-state index in [1.807, 2.05) is 56.3 Å². The average Bonchev–Trinajstić information content (AvgIpc) is 2.77. The second-order valence-electron chi connectivity index (χ2n) is 6.59. The van der Waals surface area contributed by atoms with Crippen LogP contribution in [0.2, 0.25) is 0 Å². The molecule has 0 saturated carbocycles. The maximum absolute atomic E-state index is 12.6. The van der Waals surface area contributed by atoms with Crippen molar-refractivity contribution >= 4 is 34.4 Å². The van der Waals surface area contributed by atoms with Gasteiger partial charge >= 0.3 is 0 Å². The van der Waals surface area contributed by atoms with Crippen molar-refractivity contribution in [1.82, 2.24) is 15.3 Å². The summed E-state index contributed by atoms with van der Waals surface area (Å²) < 4.78 is 10.7. The monoisotopic (exact) mass is 426 g/mol. The predicted octanol–water partition coefficient (Wildman–Crippen LogP) is 4.05. The van der Waals surface area contributed by atoms with Gasteiger partial charge in [0.05, 0.1) is 31.5 Å². The quantitative estimate of drug-likeness (QED) is 0.394. The third-order valence-electron chi connectivity index (χ3n) is 4.54. The lowest BCUT2D eigenvalue weighted by Gasteiger charge is -2.18. The summed E-state index contributed by atoms with van der Waals surface area (Å²) in [5.74, 6) is 2.28. The van der Waals surface area contributed by atoms with Crippen LogP contribution in [-0.4, -0.2) is 42.4 Å². The fourth-order valence-corrected chi connectivity index (χ4v) is 3.75. The number of hydrogen-bond donors (Lipinski definition) is 2. The standard InChI is InChI=1S/C22H26N4O3S/c1-5-23-21-16-8-6-7-9-18(16)25-22(26-21)30-13-20(27)24-14(2)17-12-15(28-3)10-11-19(17)29-4/h6-12,14H,5,13H2,1-4H3,(H,24,27)(H,23,25,26)/t14-/m1/s1. The van der Waals surface area contributed by atoms with Crippen molar-refractivity contribution in [3.63, 3.8) is 0 Å². The first-order valence-corrected chi connectivity index (χ1v) is 10.7. The van der Waals surface area contributed by atoms with Crippen LogP contribution >= 0.6 is 11.8 Å².